The van der Waals surface area contributed by atoms with Crippen LogP contribution in [0.4, 0.5) is 0 Å². The Kier molecular flexibility index (Phi) is 3.84. The molecule has 2 aromatic rings. The average Bonchev–Trinajstić information content (AvgIpc) is 2.84. The highest BCUT2D eigenvalue weighted by Gasteiger charge is 2.20. The molecule has 0 saturated carbocycles. The lowest BCUT2D eigenvalue weighted by Crippen LogP contribution is -2.17. The summed E-state index contributed by atoms with van der Waals surface area (Å²) in [5.74, 6) is 1.52. The van der Waals surface area contributed by atoms with Crippen molar-refractivity contribution in [2.24, 2.45) is 5.73 Å². The molecule has 3 nitrogen and oxygen atoms in total. The summed E-state index contributed by atoms with van der Waals surface area (Å²) in [6.07, 6.45) is 0. The second-order valence-corrected chi connectivity index (χ2v) is 7.49. The van der Waals surface area contributed by atoms with E-state index in [4.69, 9.17) is 15.2 Å². The van der Waals surface area contributed by atoms with Crippen LogP contribution in [0.1, 0.15) is 16.5 Å². The average molecular weight is 405 g/mol. The SMILES string of the molecule is NC(c1ccc(Br)s1)c1cc2c(cc1Br)OCCO2. The van der Waals surface area contributed by atoms with Crippen LogP contribution in [0.15, 0.2) is 32.5 Å². The molecule has 0 aliphatic carbocycles. The Morgan fingerprint density at radius 3 is 2.42 bits per heavy atom. The van der Waals surface area contributed by atoms with Gasteiger partial charge in [0.25, 0.3) is 0 Å². The van der Waals surface area contributed by atoms with Gasteiger partial charge in [0.15, 0.2) is 11.5 Å². The van der Waals surface area contributed by atoms with Gasteiger partial charge >= 0.3 is 0 Å². The van der Waals surface area contributed by atoms with Crippen molar-refractivity contribution in [2.45, 2.75) is 6.04 Å². The summed E-state index contributed by atoms with van der Waals surface area (Å²) < 4.78 is 13.2. The van der Waals surface area contributed by atoms with Gasteiger partial charge in [-0.15, -0.1) is 11.3 Å². The number of benzene rings is 1. The predicted octanol–water partition coefficient (Wildman–Crippen LogP) is 4.09. The highest BCUT2D eigenvalue weighted by atomic mass is 79.9. The van der Waals surface area contributed by atoms with Crippen molar-refractivity contribution >= 4 is 43.2 Å². The number of nitrogens with two attached hydrogens (primary N) is 1. The number of halogens is 2. The van der Waals surface area contributed by atoms with Crippen molar-refractivity contribution < 1.29 is 9.47 Å². The number of fused-ring (bicyclic) bond motifs is 1. The van der Waals surface area contributed by atoms with E-state index in [9.17, 15) is 0 Å². The van der Waals surface area contributed by atoms with Crippen molar-refractivity contribution in [2.75, 3.05) is 13.2 Å². The lowest BCUT2D eigenvalue weighted by atomic mass is 10.1. The first-order chi connectivity index (χ1) is 9.15. The van der Waals surface area contributed by atoms with Gasteiger partial charge in [0.05, 0.1) is 9.83 Å². The highest BCUT2D eigenvalue weighted by molar-refractivity contribution is 9.11. The Hall–Kier alpha value is -0.560. The smallest absolute Gasteiger partial charge is 0.162 e. The maximum atomic E-state index is 6.33. The van der Waals surface area contributed by atoms with Crippen LogP contribution >= 0.6 is 43.2 Å². The van der Waals surface area contributed by atoms with E-state index < -0.39 is 0 Å². The quantitative estimate of drug-likeness (QED) is 0.819. The zero-order valence-corrected chi connectivity index (χ0v) is 13.8. The third-order valence-electron chi connectivity index (χ3n) is 2.90. The van der Waals surface area contributed by atoms with Gasteiger partial charge < -0.3 is 15.2 Å². The van der Waals surface area contributed by atoms with E-state index in [1.54, 1.807) is 11.3 Å². The summed E-state index contributed by atoms with van der Waals surface area (Å²) in [5.41, 5.74) is 7.33. The van der Waals surface area contributed by atoms with Crippen molar-refractivity contribution in [1.82, 2.24) is 0 Å². The van der Waals surface area contributed by atoms with E-state index in [0.717, 1.165) is 30.2 Å². The molecule has 100 valence electrons. The predicted molar refractivity (Wildman–Crippen MR) is 83.2 cm³/mol. The Morgan fingerprint density at radius 1 is 1.11 bits per heavy atom. The lowest BCUT2D eigenvalue weighted by molar-refractivity contribution is 0.171. The van der Waals surface area contributed by atoms with Gasteiger partial charge in [0, 0.05) is 9.35 Å². The first-order valence-electron chi connectivity index (χ1n) is 5.75. The standard InChI is InChI=1S/C13H11Br2NO2S/c14-8-6-10-9(17-3-4-18-10)5-7(8)13(16)11-1-2-12(15)19-11/h1-2,5-6,13H,3-4,16H2. The highest BCUT2D eigenvalue weighted by Crippen LogP contribution is 2.40. The molecule has 19 heavy (non-hydrogen) atoms. The minimum Gasteiger partial charge on any atom is -0.486 e. The van der Waals surface area contributed by atoms with Crippen molar-refractivity contribution in [3.05, 3.63) is 43.0 Å². The Labute approximate surface area is 132 Å². The molecule has 2 heterocycles. The third-order valence-corrected chi connectivity index (χ3v) is 5.29. The largest absolute Gasteiger partial charge is 0.486 e. The lowest BCUT2D eigenvalue weighted by Gasteiger charge is -2.21. The van der Waals surface area contributed by atoms with Crippen LogP contribution in [0.5, 0.6) is 11.5 Å². The molecule has 1 aliphatic heterocycles. The molecule has 0 radical (unpaired) electrons. The van der Waals surface area contributed by atoms with Crippen LogP contribution in [0, 0.1) is 0 Å². The topological polar surface area (TPSA) is 44.5 Å². The minimum absolute atomic E-state index is 0.179. The molecule has 1 unspecified atom stereocenters. The van der Waals surface area contributed by atoms with Crippen molar-refractivity contribution in [3.63, 3.8) is 0 Å². The fourth-order valence-electron chi connectivity index (χ4n) is 1.97. The number of rotatable bonds is 2. The molecule has 0 saturated heterocycles. The number of ether oxygens (including phenoxy) is 2. The van der Waals surface area contributed by atoms with Crippen molar-refractivity contribution in [3.8, 4) is 11.5 Å². The molecule has 2 N–H and O–H groups in total. The summed E-state index contributed by atoms with van der Waals surface area (Å²) in [7, 11) is 0. The normalized spacial score (nSPS) is 15.3. The zero-order valence-electron chi connectivity index (χ0n) is 9.86. The number of thiophene rings is 1. The van der Waals surface area contributed by atoms with Crippen LogP contribution in [-0.2, 0) is 0 Å². The number of hydrogen-bond donors (Lipinski definition) is 1. The van der Waals surface area contributed by atoms with E-state index in [2.05, 4.69) is 31.9 Å². The van der Waals surface area contributed by atoms with E-state index in [0.29, 0.717) is 13.2 Å². The summed E-state index contributed by atoms with van der Waals surface area (Å²) in [4.78, 5) is 1.10. The van der Waals surface area contributed by atoms with Gasteiger partial charge in [0.1, 0.15) is 13.2 Å². The first kappa shape index (κ1) is 13.4. The molecule has 1 aromatic heterocycles. The zero-order chi connectivity index (χ0) is 13.4. The molecule has 1 atom stereocenters. The van der Waals surface area contributed by atoms with Crippen LogP contribution < -0.4 is 15.2 Å². The molecule has 1 aliphatic rings. The fourth-order valence-corrected chi connectivity index (χ4v) is 3.98. The van der Waals surface area contributed by atoms with Gasteiger partial charge in [-0.1, -0.05) is 15.9 Å². The van der Waals surface area contributed by atoms with Gasteiger partial charge in [0.2, 0.25) is 0 Å². The molecule has 3 rings (SSSR count). The molecule has 0 bridgehead atoms. The van der Waals surface area contributed by atoms with Gasteiger partial charge in [-0.05, 0) is 45.8 Å². The number of hydrogen-bond acceptors (Lipinski definition) is 4. The third kappa shape index (κ3) is 2.67. The summed E-state index contributed by atoms with van der Waals surface area (Å²) in [6, 6.07) is 7.74. The second kappa shape index (κ2) is 5.44. The Morgan fingerprint density at radius 2 is 1.79 bits per heavy atom. The van der Waals surface area contributed by atoms with Gasteiger partial charge in [-0.3, -0.25) is 0 Å². The van der Waals surface area contributed by atoms with Crippen LogP contribution in [0.2, 0.25) is 0 Å². The monoisotopic (exact) mass is 403 g/mol. The molecular formula is C13H11Br2NO2S. The Balaban J connectivity index is 2.00. The van der Waals surface area contributed by atoms with E-state index in [1.807, 2.05) is 24.3 Å². The molecule has 1 aromatic carbocycles. The van der Waals surface area contributed by atoms with Crippen LogP contribution in [-0.4, -0.2) is 13.2 Å². The maximum Gasteiger partial charge on any atom is 0.162 e. The van der Waals surface area contributed by atoms with E-state index in [1.165, 1.54) is 0 Å². The van der Waals surface area contributed by atoms with Crippen molar-refractivity contribution in [1.29, 1.82) is 0 Å². The van der Waals surface area contributed by atoms with Gasteiger partial charge in [-0.25, -0.2) is 0 Å². The molecular weight excluding hydrogens is 394 g/mol. The van der Waals surface area contributed by atoms with Crippen LogP contribution in [0.25, 0.3) is 0 Å². The summed E-state index contributed by atoms with van der Waals surface area (Å²) in [5, 5.41) is 0. The van der Waals surface area contributed by atoms with E-state index >= 15 is 0 Å². The first-order valence-corrected chi connectivity index (χ1v) is 8.15. The summed E-state index contributed by atoms with van der Waals surface area (Å²) in [6.45, 7) is 1.16. The molecule has 0 amide bonds. The Bertz CT molecular complexity index is 615. The molecule has 0 fully saturated rings. The second-order valence-electron chi connectivity index (χ2n) is 4.14. The van der Waals surface area contributed by atoms with Crippen LogP contribution in [0.3, 0.4) is 0 Å². The summed E-state index contributed by atoms with van der Waals surface area (Å²) >= 11 is 8.65. The maximum absolute atomic E-state index is 6.33. The molecule has 0 spiro atoms. The molecule has 6 heteroatoms. The minimum atomic E-state index is -0.179. The van der Waals surface area contributed by atoms with Gasteiger partial charge in [-0.2, -0.15) is 0 Å². The fraction of sp³-hybridized carbons (Fsp3) is 0.231. The van der Waals surface area contributed by atoms with E-state index in [-0.39, 0.29) is 6.04 Å².